The maximum atomic E-state index is 12.8. The summed E-state index contributed by atoms with van der Waals surface area (Å²) in [5.41, 5.74) is 2.29. The standard InChI is InChI=1S/C22H26BrN3O3/c1-3-4-13-26(22(29)17-7-9-18(23)10-8-17)15-21(28)24-14-20(27)25-19-11-5-16(2)6-12-19/h5-12H,3-4,13-15H2,1-2H3,(H,24,28)(H,25,27). The molecule has 2 aromatic rings. The van der Waals surface area contributed by atoms with Crippen molar-refractivity contribution in [3.05, 3.63) is 64.1 Å². The fraction of sp³-hybridized carbons (Fsp3) is 0.318. The van der Waals surface area contributed by atoms with E-state index in [1.165, 1.54) is 4.90 Å². The summed E-state index contributed by atoms with van der Waals surface area (Å²) in [6.07, 6.45) is 1.70. The highest BCUT2D eigenvalue weighted by molar-refractivity contribution is 9.10. The number of carbonyl (C=O) groups excluding carboxylic acids is 3. The van der Waals surface area contributed by atoms with Gasteiger partial charge in [-0.1, -0.05) is 47.0 Å². The molecule has 0 radical (unpaired) electrons. The van der Waals surface area contributed by atoms with E-state index < -0.39 is 0 Å². The number of halogens is 1. The molecule has 3 amide bonds. The first-order chi connectivity index (χ1) is 13.9. The molecular weight excluding hydrogens is 434 g/mol. The van der Waals surface area contributed by atoms with Gasteiger partial charge in [0.15, 0.2) is 0 Å². The normalized spacial score (nSPS) is 10.3. The van der Waals surface area contributed by atoms with Crippen LogP contribution in [0.25, 0.3) is 0 Å². The van der Waals surface area contributed by atoms with Crippen LogP contribution in [0.1, 0.15) is 35.7 Å². The van der Waals surface area contributed by atoms with E-state index in [-0.39, 0.29) is 30.8 Å². The van der Waals surface area contributed by atoms with Crippen molar-refractivity contribution in [3.8, 4) is 0 Å². The van der Waals surface area contributed by atoms with E-state index in [9.17, 15) is 14.4 Å². The average Bonchev–Trinajstić information content (AvgIpc) is 2.71. The highest BCUT2D eigenvalue weighted by Crippen LogP contribution is 2.13. The number of nitrogens with zero attached hydrogens (tertiary/aromatic N) is 1. The lowest BCUT2D eigenvalue weighted by atomic mass is 10.2. The fourth-order valence-corrected chi connectivity index (χ4v) is 2.89. The predicted octanol–water partition coefficient (Wildman–Crippen LogP) is 3.75. The minimum absolute atomic E-state index is 0.0906. The second-order valence-corrected chi connectivity index (χ2v) is 7.69. The van der Waals surface area contributed by atoms with E-state index in [0.29, 0.717) is 17.8 Å². The van der Waals surface area contributed by atoms with Gasteiger partial charge >= 0.3 is 0 Å². The Kier molecular flexibility index (Phi) is 8.86. The van der Waals surface area contributed by atoms with Crippen LogP contribution < -0.4 is 10.6 Å². The highest BCUT2D eigenvalue weighted by atomic mass is 79.9. The van der Waals surface area contributed by atoms with E-state index in [1.54, 1.807) is 36.4 Å². The number of nitrogens with one attached hydrogen (secondary N) is 2. The maximum absolute atomic E-state index is 12.8. The van der Waals surface area contributed by atoms with Gasteiger partial charge in [0.25, 0.3) is 5.91 Å². The van der Waals surface area contributed by atoms with Crippen molar-refractivity contribution in [2.45, 2.75) is 26.7 Å². The van der Waals surface area contributed by atoms with Crippen LogP contribution in [0.4, 0.5) is 5.69 Å². The number of aryl methyl sites for hydroxylation is 1. The monoisotopic (exact) mass is 459 g/mol. The molecule has 0 heterocycles. The number of rotatable bonds is 9. The van der Waals surface area contributed by atoms with E-state index in [0.717, 1.165) is 22.9 Å². The van der Waals surface area contributed by atoms with Gasteiger partial charge in [-0.05, 0) is 49.7 Å². The molecule has 0 aromatic heterocycles. The summed E-state index contributed by atoms with van der Waals surface area (Å²) >= 11 is 3.35. The number of amides is 3. The molecule has 0 unspecified atom stereocenters. The molecule has 6 nitrogen and oxygen atoms in total. The van der Waals surface area contributed by atoms with Crippen molar-refractivity contribution in [1.82, 2.24) is 10.2 Å². The van der Waals surface area contributed by atoms with Gasteiger partial charge in [0.05, 0.1) is 13.1 Å². The molecule has 0 bridgehead atoms. The van der Waals surface area contributed by atoms with Crippen molar-refractivity contribution in [2.75, 3.05) is 25.0 Å². The molecule has 0 saturated heterocycles. The Morgan fingerprint density at radius 2 is 1.62 bits per heavy atom. The number of carbonyl (C=O) groups is 3. The topological polar surface area (TPSA) is 78.5 Å². The van der Waals surface area contributed by atoms with Crippen molar-refractivity contribution >= 4 is 39.3 Å². The van der Waals surface area contributed by atoms with Crippen molar-refractivity contribution < 1.29 is 14.4 Å². The smallest absolute Gasteiger partial charge is 0.254 e. The number of anilines is 1. The fourth-order valence-electron chi connectivity index (χ4n) is 2.63. The maximum Gasteiger partial charge on any atom is 0.254 e. The third-order valence-corrected chi connectivity index (χ3v) is 4.80. The molecule has 7 heteroatoms. The van der Waals surface area contributed by atoms with Crippen LogP contribution in [-0.4, -0.2) is 42.3 Å². The first-order valence-electron chi connectivity index (χ1n) is 9.57. The molecule has 0 aliphatic rings. The lowest BCUT2D eigenvalue weighted by Crippen LogP contribution is -2.43. The van der Waals surface area contributed by atoms with Gasteiger partial charge < -0.3 is 15.5 Å². The second kappa shape index (κ2) is 11.4. The van der Waals surface area contributed by atoms with Crippen molar-refractivity contribution in [3.63, 3.8) is 0 Å². The molecule has 0 spiro atoms. The van der Waals surface area contributed by atoms with Gasteiger partial charge in [-0.25, -0.2) is 0 Å². The van der Waals surface area contributed by atoms with Crippen LogP contribution in [0.2, 0.25) is 0 Å². The first-order valence-corrected chi connectivity index (χ1v) is 10.4. The Hall–Kier alpha value is -2.67. The zero-order chi connectivity index (χ0) is 21.2. The third-order valence-electron chi connectivity index (χ3n) is 4.28. The van der Waals surface area contributed by atoms with E-state index in [2.05, 4.69) is 26.6 Å². The molecule has 0 aliphatic carbocycles. The van der Waals surface area contributed by atoms with Crippen molar-refractivity contribution in [1.29, 1.82) is 0 Å². The molecule has 0 atom stereocenters. The van der Waals surface area contributed by atoms with Crippen LogP contribution in [0, 0.1) is 6.92 Å². The lowest BCUT2D eigenvalue weighted by molar-refractivity contribution is -0.124. The van der Waals surface area contributed by atoms with Crippen LogP contribution >= 0.6 is 15.9 Å². The van der Waals surface area contributed by atoms with Crippen LogP contribution in [0.3, 0.4) is 0 Å². The van der Waals surface area contributed by atoms with Gasteiger partial charge in [0.1, 0.15) is 0 Å². The van der Waals surface area contributed by atoms with E-state index in [4.69, 9.17) is 0 Å². The quantitative estimate of drug-likeness (QED) is 0.598. The van der Waals surface area contributed by atoms with E-state index >= 15 is 0 Å². The zero-order valence-corrected chi connectivity index (χ0v) is 18.3. The number of hydrogen-bond donors (Lipinski definition) is 2. The Morgan fingerprint density at radius 3 is 2.24 bits per heavy atom. The number of benzene rings is 2. The largest absolute Gasteiger partial charge is 0.345 e. The lowest BCUT2D eigenvalue weighted by Gasteiger charge is -2.22. The number of hydrogen-bond acceptors (Lipinski definition) is 3. The van der Waals surface area contributed by atoms with E-state index in [1.807, 2.05) is 26.0 Å². The zero-order valence-electron chi connectivity index (χ0n) is 16.7. The summed E-state index contributed by atoms with van der Waals surface area (Å²) in [6, 6.07) is 14.4. The Labute approximate surface area is 179 Å². The van der Waals surface area contributed by atoms with Gasteiger partial charge in [-0.2, -0.15) is 0 Å². The Morgan fingerprint density at radius 1 is 0.966 bits per heavy atom. The summed E-state index contributed by atoms with van der Waals surface area (Å²) in [5.74, 6) is -0.891. The molecule has 29 heavy (non-hydrogen) atoms. The Balaban J connectivity index is 1.89. The summed E-state index contributed by atoms with van der Waals surface area (Å²) in [5, 5.41) is 5.31. The highest BCUT2D eigenvalue weighted by Gasteiger charge is 2.19. The number of unbranched alkanes of at least 4 members (excludes halogenated alkanes) is 1. The van der Waals surface area contributed by atoms with Gasteiger partial charge in [-0.15, -0.1) is 0 Å². The van der Waals surface area contributed by atoms with Crippen molar-refractivity contribution in [2.24, 2.45) is 0 Å². The summed E-state index contributed by atoms with van der Waals surface area (Å²) in [6.45, 7) is 4.23. The molecule has 154 valence electrons. The molecule has 2 aromatic carbocycles. The van der Waals surface area contributed by atoms with Gasteiger partial charge in [0.2, 0.25) is 11.8 Å². The molecule has 0 fully saturated rings. The summed E-state index contributed by atoms with van der Waals surface area (Å²) in [4.78, 5) is 38.6. The third kappa shape index (κ3) is 7.69. The van der Waals surface area contributed by atoms with Crippen LogP contribution in [-0.2, 0) is 9.59 Å². The van der Waals surface area contributed by atoms with Crippen LogP contribution in [0.15, 0.2) is 53.0 Å². The second-order valence-electron chi connectivity index (χ2n) is 6.78. The molecule has 0 saturated carbocycles. The molecule has 2 rings (SSSR count). The summed E-state index contributed by atoms with van der Waals surface area (Å²) < 4.78 is 0.881. The minimum atomic E-state index is -0.370. The molecule has 2 N–H and O–H groups in total. The van der Waals surface area contributed by atoms with Gasteiger partial charge in [-0.3, -0.25) is 14.4 Å². The molecular formula is C22H26BrN3O3. The molecule has 0 aliphatic heterocycles. The SMILES string of the molecule is CCCCN(CC(=O)NCC(=O)Nc1ccc(C)cc1)C(=O)c1ccc(Br)cc1. The van der Waals surface area contributed by atoms with Crippen LogP contribution in [0.5, 0.6) is 0 Å². The predicted molar refractivity (Wildman–Crippen MR) is 118 cm³/mol. The first kappa shape index (κ1) is 22.6. The minimum Gasteiger partial charge on any atom is -0.345 e. The van der Waals surface area contributed by atoms with Gasteiger partial charge in [0, 0.05) is 22.3 Å². The Bertz CT molecular complexity index is 835. The summed E-state index contributed by atoms with van der Waals surface area (Å²) in [7, 11) is 0. The average molecular weight is 460 g/mol.